The molecule has 106 valence electrons. The van der Waals surface area contributed by atoms with Gasteiger partial charge >= 0.3 is 0 Å². The summed E-state index contributed by atoms with van der Waals surface area (Å²) in [7, 11) is -3.06. The van der Waals surface area contributed by atoms with Crippen LogP contribution in [0.5, 0.6) is 0 Å². The lowest BCUT2D eigenvalue weighted by atomic mass is 10.0. The highest BCUT2D eigenvalue weighted by Gasteiger charge is 2.39. The fourth-order valence-corrected chi connectivity index (χ4v) is 4.18. The molecule has 1 amide bonds. The molecule has 8 nitrogen and oxygen atoms in total. The second-order valence-electron chi connectivity index (χ2n) is 5.01. The van der Waals surface area contributed by atoms with E-state index in [4.69, 9.17) is 5.73 Å². The van der Waals surface area contributed by atoms with Crippen LogP contribution in [0, 0.1) is 0 Å². The quantitative estimate of drug-likeness (QED) is 0.698. The predicted molar refractivity (Wildman–Crippen MR) is 68.2 cm³/mol. The van der Waals surface area contributed by atoms with E-state index >= 15 is 0 Å². The average Bonchev–Trinajstić information content (AvgIpc) is 2.84. The van der Waals surface area contributed by atoms with E-state index in [1.807, 2.05) is 0 Å². The Kier molecular flexibility index (Phi) is 3.59. The van der Waals surface area contributed by atoms with E-state index in [9.17, 15) is 13.2 Å². The van der Waals surface area contributed by atoms with Gasteiger partial charge in [0.05, 0.1) is 29.8 Å². The maximum atomic E-state index is 12.0. The number of sulfone groups is 1. The third-order valence-corrected chi connectivity index (χ3v) is 4.95. The third kappa shape index (κ3) is 3.29. The van der Waals surface area contributed by atoms with Gasteiger partial charge in [-0.1, -0.05) is 5.21 Å². The standard InChI is InChI=1S/C10H17N5O3S/c1-10(2-5-19(17,18)7-10)12-9(16)8-6-15(4-3-11)14-13-8/h6H,2-5,7,11H2,1H3,(H,12,16). The molecule has 1 saturated heterocycles. The van der Waals surface area contributed by atoms with Crippen molar-refractivity contribution in [3.8, 4) is 0 Å². The highest BCUT2D eigenvalue weighted by molar-refractivity contribution is 7.91. The lowest BCUT2D eigenvalue weighted by Gasteiger charge is -2.22. The van der Waals surface area contributed by atoms with Gasteiger partial charge in [0.25, 0.3) is 5.91 Å². The molecule has 1 aliphatic rings. The maximum absolute atomic E-state index is 12.0. The minimum Gasteiger partial charge on any atom is -0.344 e. The van der Waals surface area contributed by atoms with Crippen molar-refractivity contribution in [2.24, 2.45) is 5.73 Å². The van der Waals surface area contributed by atoms with E-state index in [0.717, 1.165) is 0 Å². The molecule has 1 atom stereocenters. The largest absolute Gasteiger partial charge is 0.344 e. The molecule has 19 heavy (non-hydrogen) atoms. The van der Waals surface area contributed by atoms with Crippen LogP contribution in [0.2, 0.25) is 0 Å². The van der Waals surface area contributed by atoms with Gasteiger partial charge in [0.2, 0.25) is 0 Å². The van der Waals surface area contributed by atoms with Gasteiger partial charge in [-0.15, -0.1) is 5.10 Å². The molecular formula is C10H17N5O3S. The number of nitrogens with two attached hydrogens (primary N) is 1. The maximum Gasteiger partial charge on any atom is 0.273 e. The van der Waals surface area contributed by atoms with E-state index in [1.54, 1.807) is 6.92 Å². The van der Waals surface area contributed by atoms with Crippen LogP contribution < -0.4 is 11.1 Å². The number of hydrogen-bond donors (Lipinski definition) is 2. The number of rotatable bonds is 4. The van der Waals surface area contributed by atoms with E-state index in [2.05, 4.69) is 15.6 Å². The highest BCUT2D eigenvalue weighted by atomic mass is 32.2. The fourth-order valence-electron chi connectivity index (χ4n) is 2.09. The lowest BCUT2D eigenvalue weighted by molar-refractivity contribution is 0.0910. The van der Waals surface area contributed by atoms with Gasteiger partial charge in [-0.2, -0.15) is 0 Å². The number of carbonyl (C=O) groups is 1. The molecule has 0 aliphatic carbocycles. The van der Waals surface area contributed by atoms with E-state index in [1.165, 1.54) is 10.9 Å². The summed E-state index contributed by atoms with van der Waals surface area (Å²) < 4.78 is 24.4. The number of hydrogen-bond acceptors (Lipinski definition) is 6. The van der Waals surface area contributed by atoms with Crippen molar-refractivity contribution in [1.82, 2.24) is 20.3 Å². The minimum atomic E-state index is -3.06. The van der Waals surface area contributed by atoms with Crippen LogP contribution >= 0.6 is 0 Å². The van der Waals surface area contributed by atoms with Gasteiger partial charge in [-0.3, -0.25) is 9.48 Å². The molecule has 1 aromatic heterocycles. The summed E-state index contributed by atoms with van der Waals surface area (Å²) >= 11 is 0. The highest BCUT2D eigenvalue weighted by Crippen LogP contribution is 2.23. The van der Waals surface area contributed by atoms with Crippen LogP contribution in [-0.2, 0) is 16.4 Å². The molecular weight excluding hydrogens is 270 g/mol. The first-order chi connectivity index (χ1) is 8.84. The molecule has 3 N–H and O–H groups in total. The molecule has 1 fully saturated rings. The van der Waals surface area contributed by atoms with Crippen molar-refractivity contribution in [3.63, 3.8) is 0 Å². The monoisotopic (exact) mass is 287 g/mol. The Balaban J connectivity index is 2.04. The summed E-state index contributed by atoms with van der Waals surface area (Å²) in [6, 6.07) is 0. The summed E-state index contributed by atoms with van der Waals surface area (Å²) in [5.41, 5.74) is 4.81. The van der Waals surface area contributed by atoms with E-state index < -0.39 is 21.3 Å². The first kappa shape index (κ1) is 13.9. The first-order valence-corrected chi connectivity index (χ1v) is 7.79. The zero-order valence-electron chi connectivity index (χ0n) is 10.7. The molecule has 1 aliphatic heterocycles. The van der Waals surface area contributed by atoms with Gasteiger partial charge in [0.1, 0.15) is 0 Å². The van der Waals surface area contributed by atoms with Crippen LogP contribution in [0.1, 0.15) is 23.8 Å². The number of nitrogens with one attached hydrogen (secondary N) is 1. The van der Waals surface area contributed by atoms with Crippen LogP contribution in [0.3, 0.4) is 0 Å². The molecule has 1 unspecified atom stereocenters. The molecule has 2 heterocycles. The summed E-state index contributed by atoms with van der Waals surface area (Å²) in [5.74, 6) is -0.352. The Labute approximate surface area is 111 Å². The molecule has 0 bridgehead atoms. The summed E-state index contributed by atoms with van der Waals surface area (Å²) in [6.45, 7) is 2.60. The Hall–Kier alpha value is -1.48. The number of amides is 1. The normalized spacial score (nSPS) is 25.4. The van der Waals surface area contributed by atoms with Crippen molar-refractivity contribution in [2.45, 2.75) is 25.4 Å². The van der Waals surface area contributed by atoms with E-state index in [-0.39, 0.29) is 17.2 Å². The second-order valence-corrected chi connectivity index (χ2v) is 7.20. The van der Waals surface area contributed by atoms with Crippen LogP contribution in [0.25, 0.3) is 0 Å². The Morgan fingerprint density at radius 2 is 2.37 bits per heavy atom. The molecule has 0 aromatic carbocycles. The molecule has 0 spiro atoms. The Bertz CT molecular complexity index is 582. The van der Waals surface area contributed by atoms with E-state index in [0.29, 0.717) is 19.5 Å². The molecule has 0 saturated carbocycles. The van der Waals surface area contributed by atoms with Crippen LogP contribution in [0.15, 0.2) is 6.20 Å². The van der Waals surface area contributed by atoms with Crippen molar-refractivity contribution < 1.29 is 13.2 Å². The smallest absolute Gasteiger partial charge is 0.273 e. The zero-order valence-corrected chi connectivity index (χ0v) is 11.5. The minimum absolute atomic E-state index is 0.0390. The molecule has 0 radical (unpaired) electrons. The van der Waals surface area contributed by atoms with Gasteiger partial charge in [-0.05, 0) is 13.3 Å². The van der Waals surface area contributed by atoms with Crippen molar-refractivity contribution in [3.05, 3.63) is 11.9 Å². The Morgan fingerprint density at radius 3 is 2.95 bits per heavy atom. The van der Waals surface area contributed by atoms with Gasteiger partial charge in [0.15, 0.2) is 15.5 Å². The summed E-state index contributed by atoms with van der Waals surface area (Å²) in [6.07, 6.45) is 1.91. The van der Waals surface area contributed by atoms with Crippen LogP contribution in [0.4, 0.5) is 0 Å². The summed E-state index contributed by atoms with van der Waals surface area (Å²) in [4.78, 5) is 12.0. The van der Waals surface area contributed by atoms with Gasteiger partial charge < -0.3 is 11.1 Å². The van der Waals surface area contributed by atoms with Crippen molar-refractivity contribution in [1.29, 1.82) is 0 Å². The SMILES string of the molecule is CC1(NC(=O)c2cn(CCN)nn2)CCS(=O)(=O)C1. The van der Waals surface area contributed by atoms with Crippen molar-refractivity contribution >= 4 is 15.7 Å². The topological polar surface area (TPSA) is 120 Å². The lowest BCUT2D eigenvalue weighted by Crippen LogP contribution is -2.47. The molecule has 9 heteroatoms. The second kappa shape index (κ2) is 4.89. The first-order valence-electron chi connectivity index (χ1n) is 5.97. The number of aromatic nitrogens is 3. The molecule has 1 aromatic rings. The predicted octanol–water partition coefficient (Wildman–Crippen LogP) is -1.46. The number of nitrogens with zero attached hydrogens (tertiary/aromatic N) is 3. The van der Waals surface area contributed by atoms with Crippen LogP contribution in [-0.4, -0.2) is 52.9 Å². The summed E-state index contributed by atoms with van der Waals surface area (Å²) in [5, 5.41) is 10.2. The number of carbonyl (C=O) groups excluding carboxylic acids is 1. The third-order valence-electron chi connectivity index (χ3n) is 3.05. The average molecular weight is 287 g/mol. The van der Waals surface area contributed by atoms with Crippen molar-refractivity contribution in [2.75, 3.05) is 18.1 Å². The zero-order chi connectivity index (χ0) is 14.1. The van der Waals surface area contributed by atoms with Gasteiger partial charge in [-0.25, -0.2) is 8.42 Å². The van der Waals surface area contributed by atoms with Gasteiger partial charge in [0, 0.05) is 6.54 Å². The fraction of sp³-hybridized carbons (Fsp3) is 0.700. The Morgan fingerprint density at radius 1 is 1.63 bits per heavy atom. The molecule has 2 rings (SSSR count).